The highest BCUT2D eigenvalue weighted by Gasteiger charge is 2.26. The minimum atomic E-state index is 0.159. The summed E-state index contributed by atoms with van der Waals surface area (Å²) in [6, 6.07) is 10.1. The van der Waals surface area contributed by atoms with Crippen LogP contribution in [0.25, 0.3) is 0 Å². The van der Waals surface area contributed by atoms with Crippen molar-refractivity contribution in [3.63, 3.8) is 0 Å². The van der Waals surface area contributed by atoms with Crippen molar-refractivity contribution in [3.05, 3.63) is 35.4 Å². The molecule has 1 aromatic rings. The van der Waals surface area contributed by atoms with E-state index in [2.05, 4.69) is 52.8 Å². The number of nitrogens with zero attached hydrogens (tertiary/aromatic N) is 1. The van der Waals surface area contributed by atoms with E-state index in [4.69, 9.17) is 5.26 Å². The van der Waals surface area contributed by atoms with E-state index >= 15 is 0 Å². The van der Waals surface area contributed by atoms with Gasteiger partial charge in [0.2, 0.25) is 0 Å². The Kier molecular flexibility index (Phi) is 3.43. The Hall–Kier alpha value is -1.29. The van der Waals surface area contributed by atoms with Gasteiger partial charge in [-0.25, -0.2) is 0 Å². The smallest absolute Gasteiger partial charge is 0.0991 e. The lowest BCUT2D eigenvalue weighted by Gasteiger charge is -2.33. The first-order chi connectivity index (χ1) is 7.24. The van der Waals surface area contributed by atoms with Gasteiger partial charge in [0.15, 0.2) is 0 Å². The summed E-state index contributed by atoms with van der Waals surface area (Å²) in [6.45, 7) is 11.3. The number of hydrogen-bond acceptors (Lipinski definition) is 1. The Balaban J connectivity index is 2.94. The molecule has 1 aromatic carbocycles. The zero-order valence-electron chi connectivity index (χ0n) is 11.0. The molecule has 0 amide bonds. The van der Waals surface area contributed by atoms with Gasteiger partial charge in [-0.2, -0.15) is 5.26 Å². The van der Waals surface area contributed by atoms with Crippen molar-refractivity contribution in [2.45, 2.75) is 46.5 Å². The van der Waals surface area contributed by atoms with Gasteiger partial charge in [0.1, 0.15) is 0 Å². The van der Waals surface area contributed by atoms with Crippen LogP contribution in [0.1, 0.15) is 52.2 Å². The van der Waals surface area contributed by atoms with E-state index < -0.39 is 0 Å². The van der Waals surface area contributed by atoms with Crippen LogP contribution in [0.2, 0.25) is 0 Å². The van der Waals surface area contributed by atoms with Gasteiger partial charge in [-0.05, 0) is 34.9 Å². The van der Waals surface area contributed by atoms with Crippen molar-refractivity contribution in [3.8, 4) is 6.07 Å². The molecule has 0 aliphatic heterocycles. The van der Waals surface area contributed by atoms with Gasteiger partial charge in [0.05, 0.1) is 11.6 Å². The summed E-state index contributed by atoms with van der Waals surface area (Å²) in [4.78, 5) is 0. The molecule has 0 fully saturated rings. The Morgan fingerprint density at radius 3 is 1.88 bits per heavy atom. The highest BCUT2D eigenvalue weighted by atomic mass is 14.3. The molecule has 0 aliphatic carbocycles. The van der Waals surface area contributed by atoms with Gasteiger partial charge in [-0.1, -0.05) is 46.8 Å². The van der Waals surface area contributed by atoms with Crippen LogP contribution in [0.4, 0.5) is 0 Å². The molecule has 0 saturated carbocycles. The minimum Gasteiger partial charge on any atom is -0.192 e. The van der Waals surface area contributed by atoms with Gasteiger partial charge in [0, 0.05) is 0 Å². The molecule has 0 N–H and O–H groups in total. The molecule has 0 spiro atoms. The SMILES string of the molecule is CC(C)(C)CC(C)(C)c1ccc(C#N)cc1. The molecular formula is C15H21N. The van der Waals surface area contributed by atoms with Crippen LogP contribution in [0, 0.1) is 16.7 Å². The second-order valence-electron chi connectivity index (χ2n) is 6.31. The Bertz CT molecular complexity index is 385. The molecular weight excluding hydrogens is 194 g/mol. The molecule has 0 aliphatic rings. The number of benzene rings is 1. The largest absolute Gasteiger partial charge is 0.192 e. The maximum atomic E-state index is 8.77. The first-order valence-corrected chi connectivity index (χ1v) is 5.75. The Labute approximate surface area is 99.1 Å². The monoisotopic (exact) mass is 215 g/mol. The van der Waals surface area contributed by atoms with Gasteiger partial charge < -0.3 is 0 Å². The zero-order chi connectivity index (χ0) is 12.4. The Morgan fingerprint density at radius 2 is 1.50 bits per heavy atom. The lowest BCUT2D eigenvalue weighted by Crippen LogP contribution is -2.24. The molecule has 1 rings (SSSR count). The lowest BCUT2D eigenvalue weighted by atomic mass is 9.72. The predicted molar refractivity (Wildman–Crippen MR) is 68.3 cm³/mol. The molecule has 1 nitrogen and oxygen atoms in total. The molecule has 1 heteroatoms. The standard InChI is InChI=1S/C15H21N/c1-14(2,3)11-15(4,5)13-8-6-12(10-16)7-9-13/h6-9H,11H2,1-5H3. The third-order valence-corrected chi connectivity index (χ3v) is 2.77. The van der Waals surface area contributed by atoms with Crippen LogP contribution in [0.15, 0.2) is 24.3 Å². The summed E-state index contributed by atoms with van der Waals surface area (Å²) < 4.78 is 0. The van der Waals surface area contributed by atoms with Crippen LogP contribution in [0.5, 0.6) is 0 Å². The predicted octanol–water partition coefficient (Wildman–Crippen LogP) is 4.27. The quantitative estimate of drug-likeness (QED) is 0.722. The average molecular weight is 215 g/mol. The molecule has 0 heterocycles. The van der Waals surface area contributed by atoms with E-state index in [9.17, 15) is 0 Å². The first kappa shape index (κ1) is 12.8. The van der Waals surface area contributed by atoms with Crippen molar-refractivity contribution in [1.82, 2.24) is 0 Å². The number of rotatable bonds is 2. The minimum absolute atomic E-state index is 0.159. The van der Waals surface area contributed by atoms with E-state index in [0.717, 1.165) is 12.0 Å². The fourth-order valence-corrected chi connectivity index (χ4v) is 2.42. The summed E-state index contributed by atoms with van der Waals surface area (Å²) >= 11 is 0. The fourth-order valence-electron chi connectivity index (χ4n) is 2.42. The van der Waals surface area contributed by atoms with Crippen LogP contribution in [-0.2, 0) is 5.41 Å². The molecule has 16 heavy (non-hydrogen) atoms. The van der Waals surface area contributed by atoms with Gasteiger partial charge >= 0.3 is 0 Å². The number of nitriles is 1. The van der Waals surface area contributed by atoms with E-state index in [1.807, 2.05) is 12.1 Å². The van der Waals surface area contributed by atoms with Crippen LogP contribution >= 0.6 is 0 Å². The van der Waals surface area contributed by atoms with Crippen LogP contribution in [0.3, 0.4) is 0 Å². The van der Waals surface area contributed by atoms with E-state index in [0.29, 0.717) is 5.41 Å². The lowest BCUT2D eigenvalue weighted by molar-refractivity contribution is 0.284. The van der Waals surface area contributed by atoms with E-state index in [-0.39, 0.29) is 5.41 Å². The van der Waals surface area contributed by atoms with Crippen molar-refractivity contribution in [2.75, 3.05) is 0 Å². The average Bonchev–Trinajstić information content (AvgIpc) is 2.14. The van der Waals surface area contributed by atoms with Crippen molar-refractivity contribution < 1.29 is 0 Å². The van der Waals surface area contributed by atoms with Crippen molar-refractivity contribution in [1.29, 1.82) is 5.26 Å². The summed E-state index contributed by atoms with van der Waals surface area (Å²) in [7, 11) is 0. The van der Waals surface area contributed by atoms with Gasteiger partial charge in [-0.3, -0.25) is 0 Å². The third-order valence-electron chi connectivity index (χ3n) is 2.77. The molecule has 0 radical (unpaired) electrons. The highest BCUT2D eigenvalue weighted by molar-refractivity contribution is 5.34. The second-order valence-corrected chi connectivity index (χ2v) is 6.31. The fraction of sp³-hybridized carbons (Fsp3) is 0.533. The third kappa shape index (κ3) is 3.38. The number of hydrogen-bond donors (Lipinski definition) is 0. The summed E-state index contributed by atoms with van der Waals surface area (Å²) in [6.07, 6.45) is 1.13. The molecule has 0 aromatic heterocycles. The molecule has 0 saturated heterocycles. The topological polar surface area (TPSA) is 23.8 Å². The molecule has 0 unspecified atom stereocenters. The van der Waals surface area contributed by atoms with E-state index in [1.54, 1.807) is 0 Å². The molecule has 0 bridgehead atoms. The van der Waals surface area contributed by atoms with E-state index in [1.165, 1.54) is 5.56 Å². The zero-order valence-corrected chi connectivity index (χ0v) is 11.0. The van der Waals surface area contributed by atoms with Gasteiger partial charge in [0.25, 0.3) is 0 Å². The second kappa shape index (κ2) is 4.29. The summed E-state index contributed by atoms with van der Waals surface area (Å²) in [5.41, 5.74) is 2.51. The normalized spacial score (nSPS) is 12.2. The van der Waals surface area contributed by atoms with Crippen LogP contribution < -0.4 is 0 Å². The van der Waals surface area contributed by atoms with Gasteiger partial charge in [-0.15, -0.1) is 0 Å². The molecule has 86 valence electrons. The molecule has 0 atom stereocenters. The van der Waals surface area contributed by atoms with Crippen LogP contribution in [-0.4, -0.2) is 0 Å². The highest BCUT2D eigenvalue weighted by Crippen LogP contribution is 2.36. The van der Waals surface area contributed by atoms with Crippen molar-refractivity contribution >= 4 is 0 Å². The summed E-state index contributed by atoms with van der Waals surface area (Å²) in [5, 5.41) is 8.77. The first-order valence-electron chi connectivity index (χ1n) is 5.75. The summed E-state index contributed by atoms with van der Waals surface area (Å²) in [5.74, 6) is 0. The maximum Gasteiger partial charge on any atom is 0.0991 e. The van der Waals surface area contributed by atoms with Crippen molar-refractivity contribution in [2.24, 2.45) is 5.41 Å². The maximum absolute atomic E-state index is 8.77. The Morgan fingerprint density at radius 1 is 1.00 bits per heavy atom.